The number of benzene rings is 6. The molecule has 0 spiro atoms. The molecule has 8 aromatic rings. The molecular formula is C71H78N6O12. The number of aromatic nitrogens is 2. The van der Waals surface area contributed by atoms with Crippen LogP contribution in [-0.4, -0.2) is 112 Å². The molecule has 6 aromatic carbocycles. The van der Waals surface area contributed by atoms with E-state index in [1.807, 2.05) is 166 Å². The number of hydrogen-bond acceptors (Lipinski definition) is 13. The lowest BCUT2D eigenvalue weighted by atomic mass is 10.1. The van der Waals surface area contributed by atoms with Crippen molar-refractivity contribution in [3.05, 3.63) is 236 Å². The summed E-state index contributed by atoms with van der Waals surface area (Å²) in [6.07, 6.45) is 6.02. The predicted molar refractivity (Wildman–Crippen MR) is 344 cm³/mol. The molecule has 3 amide bonds. The van der Waals surface area contributed by atoms with Gasteiger partial charge < -0.3 is 64.0 Å². The van der Waals surface area contributed by atoms with Crippen LogP contribution in [0.5, 0.6) is 11.5 Å². The Balaban J connectivity index is 0.000000214. The number of nitrogens with one attached hydrogen (secondary N) is 3. The second-order valence-corrected chi connectivity index (χ2v) is 22.2. The molecule has 2 unspecified atom stereocenters. The first-order valence-corrected chi connectivity index (χ1v) is 30.2. The van der Waals surface area contributed by atoms with Crippen molar-refractivity contribution in [3.63, 3.8) is 0 Å². The molecule has 0 bridgehead atoms. The second-order valence-electron chi connectivity index (χ2n) is 22.2. The Morgan fingerprint density at radius 3 is 1.30 bits per heavy atom. The van der Waals surface area contributed by atoms with E-state index in [9.17, 15) is 24.0 Å². The lowest BCUT2D eigenvalue weighted by molar-refractivity contribution is 0.0327. The Morgan fingerprint density at radius 1 is 0.472 bits per heavy atom. The summed E-state index contributed by atoms with van der Waals surface area (Å²) in [6.45, 7) is 10.6. The number of nitrogens with zero attached hydrogens (tertiary/aromatic N) is 2. The molecule has 464 valence electrons. The summed E-state index contributed by atoms with van der Waals surface area (Å²) in [5.74, 6) is 0.693. The minimum Gasteiger partial charge on any atom is -0.491 e. The van der Waals surface area contributed by atoms with Crippen LogP contribution >= 0.6 is 0 Å². The number of fused-ring (bicyclic) bond motifs is 2. The molecule has 18 heteroatoms. The number of amides is 3. The fourth-order valence-electron chi connectivity index (χ4n) is 10.7. The van der Waals surface area contributed by atoms with Gasteiger partial charge >= 0.3 is 6.09 Å². The molecule has 0 fully saturated rings. The zero-order chi connectivity index (χ0) is 62.4. The fourth-order valence-corrected chi connectivity index (χ4v) is 10.7. The quantitative estimate of drug-likeness (QED) is 0.0352. The van der Waals surface area contributed by atoms with E-state index in [4.69, 9.17) is 38.9 Å². The van der Waals surface area contributed by atoms with Gasteiger partial charge in [-0.25, -0.2) is 4.79 Å². The summed E-state index contributed by atoms with van der Waals surface area (Å²) in [4.78, 5) is 65.0. The molecule has 0 saturated carbocycles. The Bertz CT molecular complexity index is 3720. The molecule has 2 aromatic heterocycles. The maximum atomic E-state index is 13.6. The number of carbonyl (C=O) groups is 3. The van der Waals surface area contributed by atoms with Gasteiger partial charge in [0.1, 0.15) is 41.4 Å². The highest BCUT2D eigenvalue weighted by atomic mass is 16.6. The van der Waals surface area contributed by atoms with E-state index in [2.05, 4.69) is 16.0 Å². The summed E-state index contributed by atoms with van der Waals surface area (Å²) >= 11 is 0. The van der Waals surface area contributed by atoms with Gasteiger partial charge in [-0.3, -0.25) is 19.2 Å². The molecule has 5 N–H and O–H groups in total. The number of ether oxygens (including phenoxy) is 7. The number of carbonyl (C=O) groups excluding carboxylic acids is 3. The van der Waals surface area contributed by atoms with Crippen molar-refractivity contribution in [3.8, 4) is 33.8 Å². The topological polar surface area (TPSA) is 222 Å². The first-order chi connectivity index (χ1) is 43.3. The van der Waals surface area contributed by atoms with Crippen LogP contribution in [0.25, 0.3) is 22.3 Å². The third-order valence-corrected chi connectivity index (χ3v) is 14.9. The molecule has 2 aliphatic rings. The standard InChI is InChI=1S/C38H43N3O7.C33H35N3O5/c1-38(2,3)48-37(44)39-20-22-45-23-24-46-25-26-47-34-13-7-11-30-31(34)18-19-33(30)41-21-8-12-32(36(41)43)35(42)40-29-16-14-28(15-17-29)27-9-5-4-6-10-27;34-17-19-39-20-21-40-22-23-41-31-10-4-8-27-28(31)15-16-30(27)36-18-5-9-29(33(36)38)32(37)35-26-13-11-25(12-14-26)24-6-2-1-3-7-24/h4-17,21,33H,18-20,22-26H2,1-3H3,(H,39,44)(H,40,42);1-14,18,30H,15-17,19-23,34H2,(H,35,37). The average molecular weight is 1210 g/mol. The average Bonchev–Trinajstić information content (AvgIpc) is 1.84. The number of rotatable bonds is 27. The molecule has 18 nitrogen and oxygen atoms in total. The number of hydrogen-bond donors (Lipinski definition) is 4. The van der Waals surface area contributed by atoms with E-state index in [-0.39, 0.29) is 34.3 Å². The maximum absolute atomic E-state index is 13.6. The van der Waals surface area contributed by atoms with Crippen LogP contribution in [0.4, 0.5) is 16.2 Å². The van der Waals surface area contributed by atoms with Crippen molar-refractivity contribution in [1.82, 2.24) is 14.5 Å². The van der Waals surface area contributed by atoms with Crippen LogP contribution < -0.4 is 42.3 Å². The van der Waals surface area contributed by atoms with Gasteiger partial charge in [-0.15, -0.1) is 0 Å². The normalized spacial score (nSPS) is 13.9. The van der Waals surface area contributed by atoms with Crippen LogP contribution in [0.15, 0.2) is 192 Å². The third-order valence-electron chi connectivity index (χ3n) is 14.9. The molecule has 0 aliphatic heterocycles. The first-order valence-electron chi connectivity index (χ1n) is 30.2. The zero-order valence-corrected chi connectivity index (χ0v) is 50.7. The highest BCUT2D eigenvalue weighted by Gasteiger charge is 2.30. The van der Waals surface area contributed by atoms with E-state index < -0.39 is 23.5 Å². The molecule has 0 saturated heterocycles. The molecule has 2 atom stereocenters. The Hall–Kier alpha value is -9.17. The van der Waals surface area contributed by atoms with Crippen molar-refractivity contribution < 1.29 is 47.5 Å². The lowest BCUT2D eigenvalue weighted by Gasteiger charge is -2.19. The van der Waals surface area contributed by atoms with Crippen LogP contribution in [-0.2, 0) is 36.5 Å². The first kappa shape index (κ1) is 64.3. The SMILES string of the molecule is CC(C)(C)OC(=O)NCCOCCOCCOc1cccc2c1CCC2n1cccc(C(=O)Nc2ccc(-c3ccccc3)cc2)c1=O.NCCOCCOCCOc1cccc2c1CCC2n1cccc(C(=O)Nc2ccc(-c3ccccc3)cc2)c1=O. The summed E-state index contributed by atoms with van der Waals surface area (Å²) in [5, 5.41) is 8.39. The number of pyridine rings is 2. The van der Waals surface area contributed by atoms with Crippen molar-refractivity contribution in [2.24, 2.45) is 5.73 Å². The minimum atomic E-state index is -0.536. The smallest absolute Gasteiger partial charge is 0.407 e. The Morgan fingerprint density at radius 2 is 0.876 bits per heavy atom. The minimum absolute atomic E-state index is 0.0888. The van der Waals surface area contributed by atoms with E-state index >= 15 is 0 Å². The van der Waals surface area contributed by atoms with E-state index in [1.165, 1.54) is 0 Å². The van der Waals surface area contributed by atoms with Gasteiger partial charge in [0.15, 0.2) is 0 Å². The van der Waals surface area contributed by atoms with E-state index in [0.29, 0.717) is 90.5 Å². The monoisotopic (exact) mass is 1210 g/mol. The number of nitrogens with two attached hydrogens (primary N) is 1. The molecule has 0 radical (unpaired) electrons. The molecule has 10 rings (SSSR count). The van der Waals surface area contributed by atoms with Crippen molar-refractivity contribution in [1.29, 1.82) is 0 Å². The van der Waals surface area contributed by atoms with Crippen molar-refractivity contribution >= 4 is 29.3 Å². The van der Waals surface area contributed by atoms with Gasteiger partial charge in [-0.05, 0) is 152 Å². The van der Waals surface area contributed by atoms with Crippen LogP contribution in [0, 0.1) is 0 Å². The Kier molecular flexibility index (Phi) is 23.2. The highest BCUT2D eigenvalue weighted by Crippen LogP contribution is 2.40. The fraction of sp³-hybridized carbons (Fsp3) is 0.310. The summed E-state index contributed by atoms with van der Waals surface area (Å²) in [6, 6.07) is 53.2. The van der Waals surface area contributed by atoms with Gasteiger partial charge in [0.05, 0.1) is 64.9 Å². The number of anilines is 2. The van der Waals surface area contributed by atoms with Gasteiger partial charge in [-0.2, -0.15) is 0 Å². The molecule has 2 aliphatic carbocycles. The van der Waals surface area contributed by atoms with E-state index in [0.717, 1.165) is 81.7 Å². The van der Waals surface area contributed by atoms with Gasteiger partial charge in [0.25, 0.3) is 22.9 Å². The number of alkyl carbamates (subject to hydrolysis) is 1. The lowest BCUT2D eigenvalue weighted by Crippen LogP contribution is -2.34. The zero-order valence-electron chi connectivity index (χ0n) is 50.7. The van der Waals surface area contributed by atoms with E-state index in [1.54, 1.807) is 45.8 Å². The predicted octanol–water partition coefficient (Wildman–Crippen LogP) is 10.9. The van der Waals surface area contributed by atoms with Gasteiger partial charge in [0.2, 0.25) is 0 Å². The van der Waals surface area contributed by atoms with Crippen LogP contribution in [0.3, 0.4) is 0 Å². The largest absolute Gasteiger partial charge is 0.491 e. The maximum Gasteiger partial charge on any atom is 0.407 e. The summed E-state index contributed by atoms with van der Waals surface area (Å²) in [7, 11) is 0. The Labute approximate surface area is 518 Å². The van der Waals surface area contributed by atoms with Crippen LogP contribution in [0.1, 0.15) is 88.7 Å². The van der Waals surface area contributed by atoms with Gasteiger partial charge in [-0.1, -0.05) is 109 Å². The molecule has 2 heterocycles. The third kappa shape index (κ3) is 18.0. The molecular weight excluding hydrogens is 1130 g/mol. The van der Waals surface area contributed by atoms with Crippen molar-refractivity contribution in [2.45, 2.75) is 64.1 Å². The second kappa shape index (κ2) is 32.2. The van der Waals surface area contributed by atoms with Gasteiger partial charge in [0, 0.05) is 36.9 Å². The highest BCUT2D eigenvalue weighted by molar-refractivity contribution is 6.04. The molecule has 89 heavy (non-hydrogen) atoms. The van der Waals surface area contributed by atoms with Crippen molar-refractivity contribution in [2.75, 3.05) is 89.8 Å². The van der Waals surface area contributed by atoms with Crippen LogP contribution in [0.2, 0.25) is 0 Å². The summed E-state index contributed by atoms with van der Waals surface area (Å²) < 4.78 is 42.5. The summed E-state index contributed by atoms with van der Waals surface area (Å²) in [5.41, 5.74) is 14.1.